The topological polar surface area (TPSA) is 69.6 Å². The molecule has 2 N–H and O–H groups in total. The van der Waals surface area contributed by atoms with Gasteiger partial charge in [-0.2, -0.15) is 17.4 Å². The molecule has 0 spiro atoms. The van der Waals surface area contributed by atoms with E-state index in [0.717, 1.165) is 4.31 Å². The zero-order valence-corrected chi connectivity index (χ0v) is 11.0. The van der Waals surface area contributed by atoms with Crippen LogP contribution in [-0.2, 0) is 16.8 Å². The number of aliphatic hydroxyl groups is 1. The van der Waals surface area contributed by atoms with Gasteiger partial charge in [-0.1, -0.05) is 18.2 Å². The third-order valence-corrected chi connectivity index (χ3v) is 3.96. The number of hydrogen-bond acceptors (Lipinski definition) is 3. The molecule has 0 fully saturated rings. The lowest BCUT2D eigenvalue weighted by Gasteiger charge is -2.17. The van der Waals surface area contributed by atoms with Gasteiger partial charge in [0, 0.05) is 32.3 Å². The molecule has 1 aromatic rings. The monoisotopic (exact) mass is 276 g/mol. The quantitative estimate of drug-likeness (QED) is 0.761. The molecule has 5 nitrogen and oxygen atoms in total. The smallest absolute Gasteiger partial charge is 0.279 e. The Bertz CT molecular complexity index is 479. The maximum absolute atomic E-state index is 13.3. The Morgan fingerprint density at radius 2 is 2.06 bits per heavy atom. The van der Waals surface area contributed by atoms with Crippen molar-refractivity contribution in [1.29, 1.82) is 0 Å². The molecule has 1 rings (SSSR count). The van der Waals surface area contributed by atoms with Crippen molar-refractivity contribution in [2.75, 3.05) is 20.2 Å². The van der Waals surface area contributed by atoms with Gasteiger partial charge in [0.25, 0.3) is 10.2 Å². The standard InChI is InChI=1S/C11H17FN2O3S/c1-14(7-4-8-15)18(16,17)13-9-10-5-2-3-6-11(10)12/h2-3,5-6,13,15H,4,7-9H2,1H3. The normalized spacial score (nSPS) is 12.0. The van der Waals surface area contributed by atoms with Crippen LogP contribution in [0.5, 0.6) is 0 Å². The molecule has 0 saturated carbocycles. The predicted octanol–water partition coefficient (Wildman–Crippen LogP) is 0.474. The fourth-order valence-electron chi connectivity index (χ4n) is 1.33. The van der Waals surface area contributed by atoms with Crippen LogP contribution in [0.1, 0.15) is 12.0 Å². The van der Waals surface area contributed by atoms with Crippen LogP contribution in [0, 0.1) is 5.82 Å². The summed E-state index contributed by atoms with van der Waals surface area (Å²) >= 11 is 0. The molecule has 0 aliphatic heterocycles. The first-order valence-corrected chi connectivity index (χ1v) is 6.96. The first kappa shape index (κ1) is 15.0. The summed E-state index contributed by atoms with van der Waals surface area (Å²) in [5.74, 6) is -0.446. The molecule has 102 valence electrons. The van der Waals surface area contributed by atoms with E-state index >= 15 is 0 Å². The van der Waals surface area contributed by atoms with Crippen molar-refractivity contribution in [3.8, 4) is 0 Å². The molecule has 0 aromatic heterocycles. The molecule has 0 atom stereocenters. The molecular formula is C11H17FN2O3S. The number of nitrogens with one attached hydrogen (secondary N) is 1. The average Bonchev–Trinajstić information content (AvgIpc) is 2.35. The highest BCUT2D eigenvalue weighted by atomic mass is 32.2. The average molecular weight is 276 g/mol. The van der Waals surface area contributed by atoms with Crippen LogP contribution in [0.25, 0.3) is 0 Å². The lowest BCUT2D eigenvalue weighted by molar-refractivity contribution is 0.275. The van der Waals surface area contributed by atoms with Crippen molar-refractivity contribution in [3.05, 3.63) is 35.6 Å². The number of nitrogens with zero attached hydrogens (tertiary/aromatic N) is 1. The molecule has 1 aromatic carbocycles. The Balaban J connectivity index is 2.59. The maximum atomic E-state index is 13.3. The predicted molar refractivity (Wildman–Crippen MR) is 66.5 cm³/mol. The summed E-state index contributed by atoms with van der Waals surface area (Å²) in [5, 5.41) is 8.63. The van der Waals surface area contributed by atoms with E-state index in [1.165, 1.54) is 19.2 Å². The molecule has 0 aliphatic rings. The second-order valence-corrected chi connectivity index (χ2v) is 5.68. The zero-order chi connectivity index (χ0) is 13.6. The van der Waals surface area contributed by atoms with Gasteiger partial charge < -0.3 is 5.11 Å². The molecular weight excluding hydrogens is 259 g/mol. The summed E-state index contributed by atoms with van der Waals surface area (Å²) < 4.78 is 40.1. The van der Waals surface area contributed by atoms with Crippen LogP contribution in [0.2, 0.25) is 0 Å². The van der Waals surface area contributed by atoms with E-state index in [1.807, 2.05) is 0 Å². The van der Waals surface area contributed by atoms with E-state index in [1.54, 1.807) is 12.1 Å². The summed E-state index contributed by atoms with van der Waals surface area (Å²) in [5.41, 5.74) is 0.289. The van der Waals surface area contributed by atoms with Crippen molar-refractivity contribution < 1.29 is 17.9 Å². The minimum Gasteiger partial charge on any atom is -0.396 e. The summed E-state index contributed by atoms with van der Waals surface area (Å²) in [6.45, 7) is 0.0365. The largest absolute Gasteiger partial charge is 0.396 e. The summed E-state index contributed by atoms with van der Waals surface area (Å²) in [7, 11) is -2.24. The maximum Gasteiger partial charge on any atom is 0.279 e. The third kappa shape index (κ3) is 4.34. The highest BCUT2D eigenvalue weighted by Crippen LogP contribution is 2.06. The Morgan fingerprint density at radius 3 is 2.67 bits per heavy atom. The fourth-order valence-corrected chi connectivity index (χ4v) is 2.26. The van der Waals surface area contributed by atoms with Crippen LogP contribution in [-0.4, -0.2) is 38.0 Å². The van der Waals surface area contributed by atoms with E-state index in [-0.39, 0.29) is 25.3 Å². The zero-order valence-electron chi connectivity index (χ0n) is 10.1. The first-order chi connectivity index (χ1) is 8.47. The number of rotatable bonds is 7. The van der Waals surface area contributed by atoms with E-state index in [9.17, 15) is 12.8 Å². The Kier molecular flexibility index (Phi) is 5.67. The second-order valence-electron chi connectivity index (χ2n) is 3.82. The fraction of sp³-hybridized carbons (Fsp3) is 0.455. The van der Waals surface area contributed by atoms with Crippen LogP contribution >= 0.6 is 0 Å². The third-order valence-electron chi connectivity index (χ3n) is 2.44. The van der Waals surface area contributed by atoms with Gasteiger partial charge in [-0.3, -0.25) is 0 Å². The molecule has 18 heavy (non-hydrogen) atoms. The molecule has 0 aliphatic carbocycles. The molecule has 0 bridgehead atoms. The number of hydrogen-bond donors (Lipinski definition) is 2. The highest BCUT2D eigenvalue weighted by Gasteiger charge is 2.16. The molecule has 0 unspecified atom stereocenters. The Labute approximate surface area is 106 Å². The van der Waals surface area contributed by atoms with Gasteiger partial charge in [0.1, 0.15) is 5.82 Å². The van der Waals surface area contributed by atoms with E-state index < -0.39 is 16.0 Å². The van der Waals surface area contributed by atoms with Crippen LogP contribution in [0.4, 0.5) is 4.39 Å². The van der Waals surface area contributed by atoms with Crippen LogP contribution < -0.4 is 4.72 Å². The number of benzene rings is 1. The van der Waals surface area contributed by atoms with E-state index in [0.29, 0.717) is 6.42 Å². The molecule has 0 radical (unpaired) electrons. The van der Waals surface area contributed by atoms with Gasteiger partial charge in [-0.25, -0.2) is 4.39 Å². The molecule has 7 heteroatoms. The minimum atomic E-state index is -3.64. The summed E-state index contributed by atoms with van der Waals surface area (Å²) in [4.78, 5) is 0. The van der Waals surface area contributed by atoms with Crippen molar-refractivity contribution in [2.45, 2.75) is 13.0 Å². The van der Waals surface area contributed by atoms with Crippen LogP contribution in [0.15, 0.2) is 24.3 Å². The first-order valence-electron chi connectivity index (χ1n) is 5.52. The van der Waals surface area contributed by atoms with E-state index in [4.69, 9.17) is 5.11 Å². The molecule has 0 amide bonds. The molecule has 0 saturated heterocycles. The van der Waals surface area contributed by atoms with Crippen molar-refractivity contribution >= 4 is 10.2 Å². The number of aliphatic hydroxyl groups excluding tert-OH is 1. The van der Waals surface area contributed by atoms with Crippen molar-refractivity contribution in [3.63, 3.8) is 0 Å². The second kappa shape index (κ2) is 6.79. The van der Waals surface area contributed by atoms with Gasteiger partial charge >= 0.3 is 0 Å². The Hall–Kier alpha value is -1.02. The lowest BCUT2D eigenvalue weighted by atomic mass is 10.2. The van der Waals surface area contributed by atoms with Gasteiger partial charge in [0.15, 0.2) is 0 Å². The van der Waals surface area contributed by atoms with Crippen molar-refractivity contribution in [1.82, 2.24) is 9.03 Å². The van der Waals surface area contributed by atoms with E-state index in [2.05, 4.69) is 4.72 Å². The van der Waals surface area contributed by atoms with Crippen molar-refractivity contribution in [2.24, 2.45) is 0 Å². The summed E-state index contributed by atoms with van der Waals surface area (Å²) in [6, 6.07) is 5.98. The molecule has 0 heterocycles. The van der Waals surface area contributed by atoms with Gasteiger partial charge in [0.2, 0.25) is 0 Å². The van der Waals surface area contributed by atoms with Gasteiger partial charge in [0.05, 0.1) is 0 Å². The Morgan fingerprint density at radius 1 is 1.39 bits per heavy atom. The highest BCUT2D eigenvalue weighted by molar-refractivity contribution is 7.87. The lowest BCUT2D eigenvalue weighted by Crippen LogP contribution is -2.38. The van der Waals surface area contributed by atoms with Gasteiger partial charge in [-0.15, -0.1) is 0 Å². The van der Waals surface area contributed by atoms with Gasteiger partial charge in [-0.05, 0) is 12.5 Å². The summed E-state index contributed by atoms with van der Waals surface area (Å²) in [6.07, 6.45) is 0.358. The SMILES string of the molecule is CN(CCCO)S(=O)(=O)NCc1ccccc1F. The number of halogens is 1. The minimum absolute atomic E-state index is 0.0762. The van der Waals surface area contributed by atoms with Crippen LogP contribution in [0.3, 0.4) is 0 Å².